The second-order valence-electron chi connectivity index (χ2n) is 4.68. The molecule has 20 heavy (non-hydrogen) atoms. The van der Waals surface area contributed by atoms with Crippen LogP contribution >= 0.6 is 27.5 Å². The number of benzene rings is 2. The molecule has 1 unspecified atom stereocenters. The van der Waals surface area contributed by atoms with E-state index in [2.05, 4.69) is 27.4 Å². The van der Waals surface area contributed by atoms with E-state index in [1.54, 1.807) is 6.07 Å². The van der Waals surface area contributed by atoms with Gasteiger partial charge < -0.3 is 0 Å². The molecule has 0 bridgehead atoms. The van der Waals surface area contributed by atoms with Gasteiger partial charge in [0.2, 0.25) is 0 Å². The standard InChI is InChI=1S/C15H15BrClFN2/c1-9-2-5-13(16)12(6-9)15(20-19)7-10-3-4-11(18)8-14(10)17/h2-6,8,15,20H,7,19H2,1H3. The van der Waals surface area contributed by atoms with Crippen LogP contribution in [0, 0.1) is 12.7 Å². The van der Waals surface area contributed by atoms with Crippen LogP contribution in [-0.2, 0) is 6.42 Å². The maximum atomic E-state index is 13.1. The predicted octanol–water partition coefficient (Wildman–Crippen LogP) is 4.30. The molecule has 0 amide bonds. The van der Waals surface area contributed by atoms with Crippen LogP contribution in [0.3, 0.4) is 0 Å². The first kappa shape index (κ1) is 15.4. The lowest BCUT2D eigenvalue weighted by molar-refractivity contribution is 0.548. The Hall–Kier alpha value is -0.940. The fourth-order valence-corrected chi connectivity index (χ4v) is 2.86. The summed E-state index contributed by atoms with van der Waals surface area (Å²) in [5.74, 6) is 5.32. The first-order valence-electron chi connectivity index (χ1n) is 6.17. The summed E-state index contributed by atoms with van der Waals surface area (Å²) in [5.41, 5.74) is 5.84. The molecule has 0 aromatic heterocycles. The molecule has 0 saturated carbocycles. The molecule has 0 fully saturated rings. The van der Waals surface area contributed by atoms with Crippen LogP contribution in [0.5, 0.6) is 0 Å². The van der Waals surface area contributed by atoms with E-state index < -0.39 is 0 Å². The van der Waals surface area contributed by atoms with Gasteiger partial charge in [-0.1, -0.05) is 51.3 Å². The molecule has 106 valence electrons. The van der Waals surface area contributed by atoms with Crippen molar-refractivity contribution < 1.29 is 4.39 Å². The largest absolute Gasteiger partial charge is 0.271 e. The predicted molar refractivity (Wildman–Crippen MR) is 84.1 cm³/mol. The zero-order valence-corrected chi connectivity index (χ0v) is 13.3. The van der Waals surface area contributed by atoms with Crippen LogP contribution in [0.4, 0.5) is 4.39 Å². The van der Waals surface area contributed by atoms with Gasteiger partial charge in [-0.2, -0.15) is 0 Å². The quantitative estimate of drug-likeness (QED) is 0.632. The molecule has 0 saturated heterocycles. The number of rotatable bonds is 4. The first-order valence-corrected chi connectivity index (χ1v) is 7.34. The number of halogens is 3. The van der Waals surface area contributed by atoms with Crippen LogP contribution in [0.1, 0.15) is 22.7 Å². The summed E-state index contributed by atoms with van der Waals surface area (Å²) < 4.78 is 14.1. The topological polar surface area (TPSA) is 38.0 Å². The molecule has 2 nitrogen and oxygen atoms in total. The van der Waals surface area contributed by atoms with Crippen LogP contribution in [0.2, 0.25) is 5.02 Å². The van der Waals surface area contributed by atoms with E-state index in [9.17, 15) is 4.39 Å². The molecule has 3 N–H and O–H groups in total. The third-order valence-electron chi connectivity index (χ3n) is 3.17. The van der Waals surface area contributed by atoms with Crippen molar-refractivity contribution in [1.29, 1.82) is 0 Å². The zero-order valence-electron chi connectivity index (χ0n) is 11.0. The minimum Gasteiger partial charge on any atom is -0.271 e. The second-order valence-corrected chi connectivity index (χ2v) is 5.95. The molecule has 1 atom stereocenters. The maximum absolute atomic E-state index is 13.1. The Morgan fingerprint density at radius 1 is 1.30 bits per heavy atom. The highest BCUT2D eigenvalue weighted by molar-refractivity contribution is 9.10. The summed E-state index contributed by atoms with van der Waals surface area (Å²) in [4.78, 5) is 0. The van der Waals surface area contributed by atoms with Crippen molar-refractivity contribution in [1.82, 2.24) is 5.43 Å². The molecule has 0 aliphatic rings. The number of hydrazine groups is 1. The van der Waals surface area contributed by atoms with Gasteiger partial charge in [-0.05, 0) is 42.7 Å². The van der Waals surface area contributed by atoms with Gasteiger partial charge in [0, 0.05) is 9.50 Å². The van der Waals surface area contributed by atoms with E-state index in [4.69, 9.17) is 17.4 Å². The molecule has 0 spiro atoms. The van der Waals surface area contributed by atoms with E-state index in [1.165, 1.54) is 12.1 Å². The smallest absolute Gasteiger partial charge is 0.124 e. The number of hydrogen-bond acceptors (Lipinski definition) is 2. The Morgan fingerprint density at radius 3 is 2.70 bits per heavy atom. The highest BCUT2D eigenvalue weighted by Gasteiger charge is 2.15. The molecule has 2 aromatic rings. The Kier molecular flexibility index (Phi) is 5.16. The fraction of sp³-hybridized carbons (Fsp3) is 0.200. The van der Waals surface area contributed by atoms with Gasteiger partial charge >= 0.3 is 0 Å². The SMILES string of the molecule is Cc1ccc(Br)c(C(Cc2ccc(F)cc2Cl)NN)c1. The molecule has 0 heterocycles. The van der Waals surface area contributed by atoms with Crippen LogP contribution in [-0.4, -0.2) is 0 Å². The van der Waals surface area contributed by atoms with Crippen molar-refractivity contribution in [3.8, 4) is 0 Å². The molecular formula is C15H15BrClFN2. The van der Waals surface area contributed by atoms with Crippen molar-refractivity contribution in [3.05, 3.63) is 68.4 Å². The Bertz CT molecular complexity index is 619. The molecule has 5 heteroatoms. The third kappa shape index (κ3) is 3.58. The number of hydrogen-bond donors (Lipinski definition) is 2. The van der Waals surface area contributed by atoms with Crippen molar-refractivity contribution >= 4 is 27.5 Å². The first-order chi connectivity index (χ1) is 9.51. The highest BCUT2D eigenvalue weighted by Crippen LogP contribution is 2.29. The van der Waals surface area contributed by atoms with E-state index in [1.807, 2.05) is 19.1 Å². The highest BCUT2D eigenvalue weighted by atomic mass is 79.9. The summed E-state index contributed by atoms with van der Waals surface area (Å²) in [6.07, 6.45) is 0.581. The lowest BCUT2D eigenvalue weighted by atomic mass is 9.98. The summed E-state index contributed by atoms with van der Waals surface area (Å²) in [6.45, 7) is 2.02. The lowest BCUT2D eigenvalue weighted by Crippen LogP contribution is -2.30. The van der Waals surface area contributed by atoms with Crippen LogP contribution in [0.25, 0.3) is 0 Å². The zero-order chi connectivity index (χ0) is 14.7. The van der Waals surface area contributed by atoms with Crippen molar-refractivity contribution in [3.63, 3.8) is 0 Å². The second kappa shape index (κ2) is 6.68. The minimum absolute atomic E-state index is 0.104. The van der Waals surface area contributed by atoms with Gasteiger partial charge in [-0.25, -0.2) is 4.39 Å². The van der Waals surface area contributed by atoms with Crippen molar-refractivity contribution in [2.75, 3.05) is 0 Å². The molecular weight excluding hydrogens is 343 g/mol. The summed E-state index contributed by atoms with van der Waals surface area (Å²) in [6, 6.07) is 10.4. The van der Waals surface area contributed by atoms with E-state index in [-0.39, 0.29) is 11.9 Å². The number of nitrogens with one attached hydrogen (secondary N) is 1. The third-order valence-corrected chi connectivity index (χ3v) is 4.24. The summed E-state index contributed by atoms with van der Waals surface area (Å²) in [7, 11) is 0. The van der Waals surface area contributed by atoms with E-state index >= 15 is 0 Å². The Balaban J connectivity index is 2.31. The molecule has 0 radical (unpaired) electrons. The maximum Gasteiger partial charge on any atom is 0.124 e. The van der Waals surface area contributed by atoms with Gasteiger partial charge in [0.1, 0.15) is 5.82 Å². The molecule has 0 aliphatic heterocycles. The van der Waals surface area contributed by atoms with Gasteiger partial charge in [0.25, 0.3) is 0 Å². The van der Waals surface area contributed by atoms with E-state index in [0.29, 0.717) is 11.4 Å². The average Bonchev–Trinajstić information content (AvgIpc) is 2.41. The normalized spacial score (nSPS) is 12.4. The van der Waals surface area contributed by atoms with Gasteiger partial charge in [0.05, 0.1) is 6.04 Å². The minimum atomic E-state index is -0.340. The average molecular weight is 358 g/mol. The Labute approximate surface area is 131 Å². The molecule has 2 rings (SSSR count). The lowest BCUT2D eigenvalue weighted by Gasteiger charge is -2.19. The van der Waals surface area contributed by atoms with Crippen LogP contribution in [0.15, 0.2) is 40.9 Å². The fourth-order valence-electron chi connectivity index (χ4n) is 2.10. The van der Waals surface area contributed by atoms with Crippen molar-refractivity contribution in [2.24, 2.45) is 5.84 Å². The van der Waals surface area contributed by atoms with Gasteiger partial charge in [-0.3, -0.25) is 11.3 Å². The van der Waals surface area contributed by atoms with E-state index in [0.717, 1.165) is 21.2 Å². The van der Waals surface area contributed by atoms with Crippen molar-refractivity contribution in [2.45, 2.75) is 19.4 Å². The monoisotopic (exact) mass is 356 g/mol. The number of nitrogens with two attached hydrogens (primary N) is 1. The summed E-state index contributed by atoms with van der Waals surface area (Å²) >= 11 is 9.60. The Morgan fingerprint density at radius 2 is 2.05 bits per heavy atom. The van der Waals surface area contributed by atoms with Gasteiger partial charge in [0.15, 0.2) is 0 Å². The number of aryl methyl sites for hydroxylation is 1. The summed E-state index contributed by atoms with van der Waals surface area (Å²) in [5, 5.41) is 0.411. The van der Waals surface area contributed by atoms with Gasteiger partial charge in [-0.15, -0.1) is 0 Å². The molecule has 2 aromatic carbocycles. The molecule has 0 aliphatic carbocycles. The van der Waals surface area contributed by atoms with Crippen LogP contribution < -0.4 is 11.3 Å².